The normalized spacial score (nSPS) is 18.5. The van der Waals surface area contributed by atoms with E-state index < -0.39 is 11.8 Å². The van der Waals surface area contributed by atoms with Gasteiger partial charge < -0.3 is 9.84 Å². The third kappa shape index (κ3) is 4.75. The molecule has 2 atom stereocenters. The number of pyridine rings is 1. The van der Waals surface area contributed by atoms with Crippen LogP contribution in [0.4, 0.5) is 4.39 Å². The molecule has 0 aliphatic heterocycles. The van der Waals surface area contributed by atoms with Crippen LogP contribution in [-0.2, 0) is 11.4 Å². The molecule has 1 saturated carbocycles. The van der Waals surface area contributed by atoms with Gasteiger partial charge in [0.15, 0.2) is 11.6 Å². The first-order valence-corrected chi connectivity index (χ1v) is 9.77. The lowest BCUT2D eigenvalue weighted by Gasteiger charge is -2.11. The van der Waals surface area contributed by atoms with Crippen LogP contribution < -0.4 is 4.74 Å². The third-order valence-corrected chi connectivity index (χ3v) is 5.67. The number of hydrogen-bond acceptors (Lipinski definition) is 4. The molecular formula is C20H22FNO3S. The van der Waals surface area contributed by atoms with E-state index in [0.29, 0.717) is 0 Å². The van der Waals surface area contributed by atoms with Crippen LogP contribution in [0.3, 0.4) is 0 Å². The minimum atomic E-state index is -0.800. The van der Waals surface area contributed by atoms with Gasteiger partial charge in [-0.3, -0.25) is 4.79 Å². The van der Waals surface area contributed by atoms with Gasteiger partial charge in [-0.05, 0) is 54.2 Å². The number of halogens is 1. The molecule has 4 nitrogen and oxygen atoms in total. The van der Waals surface area contributed by atoms with E-state index in [2.05, 4.69) is 11.9 Å². The van der Waals surface area contributed by atoms with Gasteiger partial charge in [0.1, 0.15) is 11.6 Å². The van der Waals surface area contributed by atoms with E-state index in [1.54, 1.807) is 24.0 Å². The fraction of sp³-hybridized carbons (Fsp3) is 0.400. The zero-order valence-electron chi connectivity index (χ0n) is 14.7. The van der Waals surface area contributed by atoms with Crippen molar-refractivity contribution >= 4 is 17.7 Å². The summed E-state index contributed by atoms with van der Waals surface area (Å²) in [6.07, 6.45) is 3.76. The maximum atomic E-state index is 14.4. The summed E-state index contributed by atoms with van der Waals surface area (Å²) in [5.74, 6) is 0.240. The zero-order valence-corrected chi connectivity index (χ0v) is 15.5. The van der Waals surface area contributed by atoms with E-state index in [0.717, 1.165) is 34.7 Å². The second-order valence-electron chi connectivity index (χ2n) is 6.49. The Labute approximate surface area is 156 Å². The van der Waals surface area contributed by atoms with Gasteiger partial charge >= 0.3 is 5.97 Å². The fourth-order valence-electron chi connectivity index (χ4n) is 2.99. The van der Waals surface area contributed by atoms with Gasteiger partial charge in [-0.25, -0.2) is 9.37 Å². The van der Waals surface area contributed by atoms with E-state index in [1.807, 2.05) is 18.2 Å². The van der Waals surface area contributed by atoms with Crippen LogP contribution >= 0.6 is 11.8 Å². The van der Waals surface area contributed by atoms with Crippen LogP contribution in [0, 0.1) is 11.7 Å². The highest BCUT2D eigenvalue weighted by Gasteiger charge is 2.39. The van der Waals surface area contributed by atoms with Crippen molar-refractivity contribution in [3.63, 3.8) is 0 Å². The van der Waals surface area contributed by atoms with Gasteiger partial charge in [-0.1, -0.05) is 19.1 Å². The summed E-state index contributed by atoms with van der Waals surface area (Å²) in [5.41, 5.74) is 1.79. The van der Waals surface area contributed by atoms with Crippen LogP contribution in [0.1, 0.15) is 43.2 Å². The SMILES string of the molecule is CCCSc1ncccc1COc1ccc(C2CC2CC(=O)O)cc1F. The highest BCUT2D eigenvalue weighted by Crippen LogP contribution is 2.50. The summed E-state index contributed by atoms with van der Waals surface area (Å²) >= 11 is 1.67. The van der Waals surface area contributed by atoms with Crippen molar-refractivity contribution in [3.8, 4) is 5.75 Å². The Balaban J connectivity index is 1.62. The molecule has 138 valence electrons. The molecule has 2 unspecified atom stereocenters. The minimum absolute atomic E-state index is 0.118. The third-order valence-electron chi connectivity index (χ3n) is 4.42. The fourth-order valence-corrected chi connectivity index (χ4v) is 3.83. The van der Waals surface area contributed by atoms with Gasteiger partial charge in [-0.2, -0.15) is 0 Å². The Bertz CT molecular complexity index is 783. The van der Waals surface area contributed by atoms with Gasteiger partial charge in [0, 0.05) is 18.2 Å². The van der Waals surface area contributed by atoms with Crippen molar-refractivity contribution in [2.75, 3.05) is 5.75 Å². The van der Waals surface area contributed by atoms with Gasteiger partial charge in [0.2, 0.25) is 0 Å². The quantitative estimate of drug-likeness (QED) is 0.633. The van der Waals surface area contributed by atoms with Crippen LogP contribution in [-0.4, -0.2) is 21.8 Å². The summed E-state index contributed by atoms with van der Waals surface area (Å²) in [6.45, 7) is 2.38. The van der Waals surface area contributed by atoms with Crippen LogP contribution in [0.2, 0.25) is 0 Å². The van der Waals surface area contributed by atoms with Gasteiger partial charge in [-0.15, -0.1) is 11.8 Å². The average Bonchev–Trinajstić information content (AvgIpc) is 3.38. The Morgan fingerprint density at radius 3 is 3.00 bits per heavy atom. The number of benzene rings is 1. The molecule has 26 heavy (non-hydrogen) atoms. The molecule has 0 spiro atoms. The first kappa shape index (κ1) is 18.7. The Hall–Kier alpha value is -2.08. The topological polar surface area (TPSA) is 59.4 Å². The van der Waals surface area contributed by atoms with E-state index >= 15 is 0 Å². The number of rotatable bonds is 9. The predicted molar refractivity (Wildman–Crippen MR) is 99.1 cm³/mol. The molecule has 1 aromatic carbocycles. The molecule has 0 radical (unpaired) electrons. The van der Waals surface area contributed by atoms with Gasteiger partial charge in [0.05, 0.1) is 0 Å². The molecule has 1 aliphatic rings. The number of nitrogens with zero attached hydrogens (tertiary/aromatic N) is 1. The van der Waals surface area contributed by atoms with E-state index in [4.69, 9.17) is 9.84 Å². The number of carboxylic acid groups (broad SMARTS) is 1. The molecule has 0 bridgehead atoms. The summed E-state index contributed by atoms with van der Waals surface area (Å²) in [6, 6.07) is 8.73. The minimum Gasteiger partial charge on any atom is -0.486 e. The van der Waals surface area contributed by atoms with Crippen molar-refractivity contribution in [3.05, 3.63) is 53.5 Å². The Morgan fingerprint density at radius 1 is 1.42 bits per heavy atom. The molecule has 1 N–H and O–H groups in total. The lowest BCUT2D eigenvalue weighted by molar-refractivity contribution is -0.137. The second kappa shape index (κ2) is 8.54. The molecule has 1 fully saturated rings. The predicted octanol–water partition coefficient (Wildman–Crippen LogP) is 4.88. The first-order chi connectivity index (χ1) is 12.6. The maximum absolute atomic E-state index is 14.4. The van der Waals surface area contributed by atoms with Crippen LogP contribution in [0.25, 0.3) is 0 Å². The van der Waals surface area contributed by atoms with Crippen molar-refractivity contribution in [2.24, 2.45) is 5.92 Å². The van der Waals surface area contributed by atoms with E-state index in [1.165, 1.54) is 6.07 Å². The van der Waals surface area contributed by atoms with Crippen molar-refractivity contribution < 1.29 is 19.0 Å². The van der Waals surface area contributed by atoms with Crippen molar-refractivity contribution in [1.82, 2.24) is 4.98 Å². The molecule has 1 aromatic heterocycles. The number of ether oxygens (including phenoxy) is 1. The highest BCUT2D eigenvalue weighted by molar-refractivity contribution is 7.99. The Kier molecular flexibility index (Phi) is 6.14. The maximum Gasteiger partial charge on any atom is 0.303 e. The molecule has 2 aromatic rings. The molecule has 6 heteroatoms. The molecule has 3 rings (SSSR count). The summed E-state index contributed by atoms with van der Waals surface area (Å²) in [4.78, 5) is 15.1. The molecular weight excluding hydrogens is 353 g/mol. The van der Waals surface area contributed by atoms with Crippen LogP contribution in [0.5, 0.6) is 5.75 Å². The molecule has 1 aliphatic carbocycles. The van der Waals surface area contributed by atoms with Crippen LogP contribution in [0.15, 0.2) is 41.6 Å². The summed E-state index contributed by atoms with van der Waals surface area (Å²) in [5, 5.41) is 9.76. The number of carbonyl (C=O) groups is 1. The van der Waals surface area contributed by atoms with Crippen molar-refractivity contribution in [1.29, 1.82) is 0 Å². The lowest BCUT2D eigenvalue weighted by atomic mass is 10.1. The molecule has 0 amide bonds. The Morgan fingerprint density at radius 2 is 2.27 bits per heavy atom. The number of aliphatic carboxylic acids is 1. The number of hydrogen-bond donors (Lipinski definition) is 1. The second-order valence-corrected chi connectivity index (χ2v) is 7.58. The van der Waals surface area contributed by atoms with E-state index in [-0.39, 0.29) is 30.6 Å². The molecule has 0 saturated heterocycles. The lowest BCUT2D eigenvalue weighted by Crippen LogP contribution is -2.01. The molecule has 1 heterocycles. The number of aromatic nitrogens is 1. The van der Waals surface area contributed by atoms with Crippen molar-refractivity contribution in [2.45, 2.75) is 43.7 Å². The standard InChI is InChI=1S/C20H22FNO3S/c1-2-8-26-20-14(4-3-7-22-20)12-25-18-6-5-13(10-17(18)21)16-9-15(16)11-19(23)24/h3-7,10,15-16H,2,8-9,11-12H2,1H3,(H,23,24). The van der Waals surface area contributed by atoms with Gasteiger partial charge in [0.25, 0.3) is 0 Å². The number of carboxylic acids is 1. The number of thioether (sulfide) groups is 1. The average molecular weight is 375 g/mol. The smallest absolute Gasteiger partial charge is 0.303 e. The monoisotopic (exact) mass is 375 g/mol. The highest BCUT2D eigenvalue weighted by atomic mass is 32.2. The van der Waals surface area contributed by atoms with E-state index in [9.17, 15) is 9.18 Å². The largest absolute Gasteiger partial charge is 0.486 e. The summed E-state index contributed by atoms with van der Waals surface area (Å²) in [7, 11) is 0. The zero-order chi connectivity index (χ0) is 18.5. The summed E-state index contributed by atoms with van der Waals surface area (Å²) < 4.78 is 20.0. The first-order valence-electron chi connectivity index (χ1n) is 8.79.